The smallest absolute Gasteiger partial charge is 0.302 e. The lowest BCUT2D eigenvalue weighted by Crippen LogP contribution is -2.65. The molecule has 4 heteroatoms. The normalized spacial score (nSPS) is 48.8. The van der Waals surface area contributed by atoms with E-state index in [-0.39, 0.29) is 56.6 Å². The van der Waals surface area contributed by atoms with Crippen LogP contribution < -0.4 is 0 Å². The van der Waals surface area contributed by atoms with Crippen molar-refractivity contribution >= 4 is 11.9 Å². The number of hydrogen-bond donors (Lipinski definition) is 0. The average Bonchev–Trinajstić information content (AvgIpc) is 2.77. The molecule has 5 aliphatic rings. The molecule has 4 fully saturated rings. The Balaban J connectivity index is 1.53. The first kappa shape index (κ1) is 28.2. The highest BCUT2D eigenvalue weighted by atomic mass is 16.5. The molecule has 0 heterocycles. The summed E-state index contributed by atoms with van der Waals surface area (Å²) in [5, 5.41) is 0. The fraction of sp³-hybridized carbons (Fsp3) is 0.882. The first-order chi connectivity index (χ1) is 17.4. The summed E-state index contributed by atoms with van der Waals surface area (Å²) in [5.41, 5.74) is 2.49. The Hall–Kier alpha value is -1.32. The molecule has 9 atom stereocenters. The van der Waals surface area contributed by atoms with E-state index in [1.54, 1.807) is 19.4 Å². The second-order valence-electron chi connectivity index (χ2n) is 16.5. The zero-order valence-corrected chi connectivity index (χ0v) is 26.0. The van der Waals surface area contributed by atoms with E-state index in [9.17, 15) is 9.59 Å². The molecule has 0 amide bonds. The molecule has 0 aromatic rings. The van der Waals surface area contributed by atoms with Crippen LogP contribution in [-0.2, 0) is 19.1 Å². The molecule has 0 aromatic carbocycles. The van der Waals surface area contributed by atoms with Crippen LogP contribution in [0, 0.1) is 50.2 Å². The van der Waals surface area contributed by atoms with Gasteiger partial charge in [-0.2, -0.15) is 0 Å². The number of hydrogen-bond acceptors (Lipinski definition) is 4. The van der Waals surface area contributed by atoms with E-state index in [2.05, 4.69) is 61.5 Å². The van der Waals surface area contributed by atoms with Crippen LogP contribution in [-0.4, -0.2) is 24.1 Å². The van der Waals surface area contributed by atoms with Crippen molar-refractivity contribution in [2.45, 2.75) is 139 Å². The predicted molar refractivity (Wildman–Crippen MR) is 151 cm³/mol. The van der Waals surface area contributed by atoms with Gasteiger partial charge in [-0.25, -0.2) is 0 Å². The molecule has 4 saturated carbocycles. The third-order valence-corrected chi connectivity index (χ3v) is 13.6. The maximum absolute atomic E-state index is 12.2. The Bertz CT molecular complexity index is 1040. The highest BCUT2D eigenvalue weighted by Gasteiger charge is 2.69. The zero-order valence-electron chi connectivity index (χ0n) is 26.0. The van der Waals surface area contributed by atoms with Gasteiger partial charge in [-0.3, -0.25) is 9.59 Å². The first-order valence-electron chi connectivity index (χ1n) is 15.5. The van der Waals surface area contributed by atoms with Gasteiger partial charge < -0.3 is 9.47 Å². The summed E-state index contributed by atoms with van der Waals surface area (Å²) < 4.78 is 12.0. The summed E-state index contributed by atoms with van der Waals surface area (Å²) in [7, 11) is 0. The van der Waals surface area contributed by atoms with E-state index in [4.69, 9.17) is 9.47 Å². The Morgan fingerprint density at radius 1 is 0.737 bits per heavy atom. The topological polar surface area (TPSA) is 52.6 Å². The second-order valence-corrected chi connectivity index (χ2v) is 16.5. The zero-order chi connectivity index (χ0) is 28.1. The fourth-order valence-electron chi connectivity index (χ4n) is 11.4. The van der Waals surface area contributed by atoms with Crippen molar-refractivity contribution in [3.05, 3.63) is 11.6 Å². The van der Waals surface area contributed by atoms with Crippen molar-refractivity contribution in [3.63, 3.8) is 0 Å². The summed E-state index contributed by atoms with van der Waals surface area (Å²) in [4.78, 5) is 24.1. The SMILES string of the molecule is CC(=O)O[C@H]1CC[C@]2(C)[C@H]3CC=C4[C@@H]5CC(C)(C)C[C@@H](OC(C)=O)[C@]5(C)CC[C@@]4(C)[C@]3(C)CC[C@H]2C1(C)C. The van der Waals surface area contributed by atoms with E-state index in [1.165, 1.54) is 25.7 Å². The molecule has 38 heavy (non-hydrogen) atoms. The number of fused-ring (bicyclic) bond motifs is 7. The van der Waals surface area contributed by atoms with Crippen molar-refractivity contribution in [1.82, 2.24) is 0 Å². The predicted octanol–water partition coefficient (Wildman–Crippen LogP) is 8.28. The molecule has 0 unspecified atom stereocenters. The van der Waals surface area contributed by atoms with Crippen LogP contribution in [0.1, 0.15) is 127 Å². The quantitative estimate of drug-likeness (QED) is 0.268. The Morgan fingerprint density at radius 3 is 2.00 bits per heavy atom. The van der Waals surface area contributed by atoms with Gasteiger partial charge in [-0.05, 0) is 97.2 Å². The monoisotopic (exact) mass is 526 g/mol. The molecular formula is C34H54O4. The van der Waals surface area contributed by atoms with Gasteiger partial charge in [0.25, 0.3) is 0 Å². The number of carbonyl (C=O) groups excluding carboxylic acids is 2. The minimum absolute atomic E-state index is 0.00432. The van der Waals surface area contributed by atoms with Gasteiger partial charge in [-0.15, -0.1) is 0 Å². The largest absolute Gasteiger partial charge is 0.462 e. The molecule has 214 valence electrons. The minimum atomic E-state index is -0.141. The lowest BCUT2D eigenvalue weighted by atomic mass is 9.33. The summed E-state index contributed by atoms with van der Waals surface area (Å²) in [6, 6.07) is 0. The molecule has 0 spiro atoms. The van der Waals surface area contributed by atoms with Crippen molar-refractivity contribution in [2.24, 2.45) is 50.2 Å². The number of carbonyl (C=O) groups is 2. The Morgan fingerprint density at radius 2 is 1.37 bits per heavy atom. The second kappa shape index (κ2) is 8.59. The standard InChI is InChI=1S/C34H54O4/c1-21(35)37-27-14-15-32(8)25(30(27,5)6)13-16-34(10)26(32)12-11-23-24-19-29(3,4)20-28(38-22(2)36)31(24,7)17-18-33(23,34)9/h11,24-28H,12-20H2,1-10H3/t24-,25-,26+,27-,28+,31+,32-,33+,34+/m0/s1. The van der Waals surface area contributed by atoms with E-state index in [0.717, 1.165) is 32.1 Å². The van der Waals surface area contributed by atoms with Crippen molar-refractivity contribution in [1.29, 1.82) is 0 Å². The van der Waals surface area contributed by atoms with Crippen LogP contribution in [0.25, 0.3) is 0 Å². The van der Waals surface area contributed by atoms with E-state index >= 15 is 0 Å². The van der Waals surface area contributed by atoms with Gasteiger partial charge in [0.2, 0.25) is 0 Å². The van der Waals surface area contributed by atoms with Crippen LogP contribution in [0.5, 0.6) is 0 Å². The van der Waals surface area contributed by atoms with Gasteiger partial charge in [-0.1, -0.05) is 67.0 Å². The molecule has 0 aromatic heterocycles. The van der Waals surface area contributed by atoms with Crippen molar-refractivity contribution < 1.29 is 19.1 Å². The third-order valence-electron chi connectivity index (χ3n) is 13.6. The summed E-state index contributed by atoms with van der Waals surface area (Å²) in [6.45, 7) is 22.9. The van der Waals surface area contributed by atoms with E-state index < -0.39 is 0 Å². The van der Waals surface area contributed by atoms with E-state index in [1.807, 2.05) is 0 Å². The van der Waals surface area contributed by atoms with Crippen LogP contribution >= 0.6 is 0 Å². The molecule has 0 radical (unpaired) electrons. The number of esters is 2. The molecule has 0 saturated heterocycles. The summed E-state index contributed by atoms with van der Waals surface area (Å²) in [6.07, 6.45) is 12.8. The molecule has 0 bridgehead atoms. The van der Waals surface area contributed by atoms with Gasteiger partial charge in [0.15, 0.2) is 0 Å². The first-order valence-corrected chi connectivity index (χ1v) is 15.5. The number of ether oxygens (including phenoxy) is 2. The third kappa shape index (κ3) is 3.80. The molecule has 5 aliphatic carbocycles. The van der Waals surface area contributed by atoms with Crippen molar-refractivity contribution in [3.8, 4) is 0 Å². The average molecular weight is 527 g/mol. The van der Waals surface area contributed by atoms with Crippen molar-refractivity contribution in [2.75, 3.05) is 0 Å². The maximum Gasteiger partial charge on any atom is 0.302 e. The Kier molecular flexibility index (Phi) is 6.38. The van der Waals surface area contributed by atoms with Gasteiger partial charge in [0, 0.05) is 24.7 Å². The minimum Gasteiger partial charge on any atom is -0.462 e. The maximum atomic E-state index is 12.2. The summed E-state index contributed by atoms with van der Waals surface area (Å²) in [5.74, 6) is 1.38. The molecule has 0 aliphatic heterocycles. The molecule has 5 rings (SSSR count). The number of allylic oxidation sites excluding steroid dienone is 2. The lowest BCUT2D eigenvalue weighted by Gasteiger charge is -2.71. The van der Waals surface area contributed by atoms with Gasteiger partial charge in [0.1, 0.15) is 12.2 Å². The lowest BCUT2D eigenvalue weighted by molar-refractivity contribution is -0.216. The van der Waals surface area contributed by atoms with Crippen LogP contribution in [0.15, 0.2) is 11.6 Å². The van der Waals surface area contributed by atoms with Crippen LogP contribution in [0.2, 0.25) is 0 Å². The fourth-order valence-corrected chi connectivity index (χ4v) is 11.4. The number of rotatable bonds is 2. The summed E-state index contributed by atoms with van der Waals surface area (Å²) >= 11 is 0. The van der Waals surface area contributed by atoms with Crippen LogP contribution in [0.4, 0.5) is 0 Å². The van der Waals surface area contributed by atoms with Gasteiger partial charge in [0.05, 0.1) is 0 Å². The van der Waals surface area contributed by atoms with E-state index in [0.29, 0.717) is 17.8 Å². The molecule has 4 nitrogen and oxygen atoms in total. The highest BCUT2D eigenvalue weighted by molar-refractivity contribution is 5.66. The van der Waals surface area contributed by atoms with Gasteiger partial charge >= 0.3 is 11.9 Å². The van der Waals surface area contributed by atoms with Crippen LogP contribution in [0.3, 0.4) is 0 Å². The Labute approximate surface area is 232 Å². The molecule has 0 N–H and O–H groups in total. The highest BCUT2D eigenvalue weighted by Crippen LogP contribution is 2.75. The molecular weight excluding hydrogens is 472 g/mol.